The molecule has 0 saturated heterocycles. The van der Waals surface area contributed by atoms with Crippen LogP contribution in [0, 0.1) is 0 Å². The molecular formula is C32H32N2O6. The Kier molecular flexibility index (Phi) is 8.26. The first-order valence-electron chi connectivity index (χ1n) is 13.4. The molecule has 2 amide bonds. The van der Waals surface area contributed by atoms with Crippen LogP contribution in [-0.2, 0) is 25.7 Å². The molecule has 2 aliphatic carbocycles. The zero-order chi connectivity index (χ0) is 28.1. The van der Waals surface area contributed by atoms with Crippen molar-refractivity contribution in [1.29, 1.82) is 0 Å². The molecular weight excluding hydrogens is 508 g/mol. The van der Waals surface area contributed by atoms with Gasteiger partial charge in [0.1, 0.15) is 12.6 Å². The summed E-state index contributed by atoms with van der Waals surface area (Å²) < 4.78 is 11.6. The highest BCUT2D eigenvalue weighted by Gasteiger charge is 2.33. The molecule has 0 bridgehead atoms. The number of hydrogen-bond acceptors (Lipinski definition) is 5. The predicted molar refractivity (Wildman–Crippen MR) is 150 cm³/mol. The van der Waals surface area contributed by atoms with Crippen molar-refractivity contribution in [2.24, 2.45) is 0 Å². The van der Waals surface area contributed by atoms with Crippen molar-refractivity contribution in [3.05, 3.63) is 107 Å². The van der Waals surface area contributed by atoms with Crippen LogP contribution in [0.25, 0.3) is 11.1 Å². The molecule has 1 unspecified atom stereocenters. The Morgan fingerprint density at radius 1 is 0.925 bits per heavy atom. The predicted octanol–water partition coefficient (Wildman–Crippen LogP) is 4.79. The second-order valence-corrected chi connectivity index (χ2v) is 10.1. The Hall–Kier alpha value is -4.43. The van der Waals surface area contributed by atoms with Gasteiger partial charge in [0.05, 0.1) is 12.7 Å². The fraction of sp³-hybridized carbons (Fsp3) is 0.281. The van der Waals surface area contributed by atoms with Crippen LogP contribution in [0.3, 0.4) is 0 Å². The second-order valence-electron chi connectivity index (χ2n) is 10.1. The lowest BCUT2D eigenvalue weighted by Gasteiger charge is -2.26. The van der Waals surface area contributed by atoms with Crippen molar-refractivity contribution in [2.45, 2.75) is 50.5 Å². The number of fused-ring (bicyclic) bond motifs is 3. The topological polar surface area (TPSA) is 114 Å². The van der Waals surface area contributed by atoms with Crippen molar-refractivity contribution in [3.63, 3.8) is 0 Å². The summed E-state index contributed by atoms with van der Waals surface area (Å²) in [6.45, 7) is 2.08. The van der Waals surface area contributed by atoms with Gasteiger partial charge in [0.2, 0.25) is 5.91 Å². The number of carbonyl (C=O) groups excluding carboxylic acids is 2. The fourth-order valence-corrected chi connectivity index (χ4v) is 5.35. The van der Waals surface area contributed by atoms with Gasteiger partial charge < -0.3 is 25.2 Å². The molecule has 5 rings (SSSR count). The van der Waals surface area contributed by atoms with Crippen LogP contribution in [0.5, 0.6) is 0 Å². The van der Waals surface area contributed by atoms with E-state index in [9.17, 15) is 19.5 Å². The Bertz CT molecular complexity index is 1370. The highest BCUT2D eigenvalue weighted by molar-refractivity contribution is 5.89. The van der Waals surface area contributed by atoms with E-state index in [4.69, 9.17) is 9.47 Å². The number of nitrogens with one attached hydrogen (secondary N) is 2. The molecule has 0 aliphatic heterocycles. The number of benzene rings is 3. The van der Waals surface area contributed by atoms with Gasteiger partial charge in [-0.25, -0.2) is 9.59 Å². The normalized spacial score (nSPS) is 17.2. The van der Waals surface area contributed by atoms with Crippen molar-refractivity contribution >= 4 is 18.0 Å². The highest BCUT2D eigenvalue weighted by atomic mass is 16.5. The number of hydrogen-bond donors (Lipinski definition) is 3. The van der Waals surface area contributed by atoms with Crippen molar-refractivity contribution in [3.8, 4) is 11.1 Å². The molecule has 0 heterocycles. The van der Waals surface area contributed by atoms with Gasteiger partial charge in [0.25, 0.3) is 0 Å². The molecule has 206 valence electrons. The van der Waals surface area contributed by atoms with E-state index in [1.54, 1.807) is 13.0 Å². The van der Waals surface area contributed by atoms with Crippen LogP contribution in [0.15, 0.2) is 90.5 Å². The number of carboxylic acid groups (broad SMARTS) is 1. The fourth-order valence-electron chi connectivity index (χ4n) is 5.35. The Labute approximate surface area is 233 Å². The number of carboxylic acids is 1. The van der Waals surface area contributed by atoms with Gasteiger partial charge in [-0.1, -0.05) is 84.9 Å². The molecule has 0 fully saturated rings. The van der Waals surface area contributed by atoms with Crippen LogP contribution in [0.4, 0.5) is 4.79 Å². The van der Waals surface area contributed by atoms with Crippen molar-refractivity contribution in [1.82, 2.24) is 10.6 Å². The summed E-state index contributed by atoms with van der Waals surface area (Å²) in [6.07, 6.45) is 0.820. The third-order valence-corrected chi connectivity index (χ3v) is 7.46. The monoisotopic (exact) mass is 540 g/mol. The minimum Gasteiger partial charge on any atom is -0.478 e. The van der Waals surface area contributed by atoms with Crippen molar-refractivity contribution in [2.75, 3.05) is 6.61 Å². The SMILES string of the molecule is C[C@H](OCc1ccccc1)[C@@H](NC(=O)OCC1c2ccccc2-c2ccccc21)C(=O)NC1CC=C(C(=O)O)C1. The smallest absolute Gasteiger partial charge is 0.407 e. The number of amides is 2. The largest absolute Gasteiger partial charge is 0.478 e. The molecule has 3 aromatic carbocycles. The second kappa shape index (κ2) is 12.2. The van der Waals surface area contributed by atoms with E-state index < -0.39 is 30.1 Å². The molecule has 3 aromatic rings. The first kappa shape index (κ1) is 27.1. The molecule has 0 spiro atoms. The molecule has 0 radical (unpaired) electrons. The number of rotatable bonds is 10. The maximum absolute atomic E-state index is 13.3. The third kappa shape index (κ3) is 6.07. The maximum Gasteiger partial charge on any atom is 0.407 e. The first-order chi connectivity index (χ1) is 19.4. The lowest BCUT2D eigenvalue weighted by Crippen LogP contribution is -2.55. The summed E-state index contributed by atoms with van der Waals surface area (Å²) >= 11 is 0. The summed E-state index contributed by atoms with van der Waals surface area (Å²) in [4.78, 5) is 37.7. The Morgan fingerprint density at radius 3 is 2.17 bits per heavy atom. The number of aliphatic carboxylic acids is 1. The van der Waals surface area contributed by atoms with Gasteiger partial charge in [-0.2, -0.15) is 0 Å². The summed E-state index contributed by atoms with van der Waals surface area (Å²) in [6, 6.07) is 24.2. The average Bonchev–Trinajstić information content (AvgIpc) is 3.57. The molecule has 0 aromatic heterocycles. The van der Waals surface area contributed by atoms with Gasteiger partial charge in [0, 0.05) is 17.5 Å². The molecule has 3 N–H and O–H groups in total. The van der Waals surface area contributed by atoms with E-state index in [2.05, 4.69) is 22.8 Å². The van der Waals surface area contributed by atoms with E-state index >= 15 is 0 Å². The van der Waals surface area contributed by atoms with Gasteiger partial charge in [-0.05, 0) is 47.6 Å². The van der Waals surface area contributed by atoms with Gasteiger partial charge in [-0.15, -0.1) is 0 Å². The van der Waals surface area contributed by atoms with Crippen LogP contribution in [0.2, 0.25) is 0 Å². The molecule has 8 heteroatoms. The zero-order valence-corrected chi connectivity index (χ0v) is 22.2. The minimum absolute atomic E-state index is 0.113. The van der Waals surface area contributed by atoms with Crippen molar-refractivity contribution < 1.29 is 29.0 Å². The lowest BCUT2D eigenvalue weighted by atomic mass is 9.98. The molecule has 40 heavy (non-hydrogen) atoms. The summed E-state index contributed by atoms with van der Waals surface area (Å²) in [5.41, 5.74) is 5.62. The van der Waals surface area contributed by atoms with Crippen LogP contribution in [-0.4, -0.2) is 47.9 Å². The summed E-state index contributed by atoms with van der Waals surface area (Å²) in [5, 5.41) is 14.8. The Balaban J connectivity index is 1.25. The molecule has 0 saturated carbocycles. The quantitative estimate of drug-likeness (QED) is 0.341. The molecule has 3 atom stereocenters. The highest BCUT2D eigenvalue weighted by Crippen LogP contribution is 2.44. The Morgan fingerprint density at radius 2 is 1.55 bits per heavy atom. The lowest BCUT2D eigenvalue weighted by molar-refractivity contribution is -0.133. The van der Waals surface area contributed by atoms with Gasteiger partial charge in [0.15, 0.2) is 0 Å². The van der Waals surface area contributed by atoms with Crippen LogP contribution < -0.4 is 10.6 Å². The van der Waals surface area contributed by atoms with E-state index in [0.717, 1.165) is 27.8 Å². The minimum atomic E-state index is -1.05. The molecule has 2 aliphatic rings. The first-order valence-corrected chi connectivity index (χ1v) is 13.4. The standard InChI is InChI=1S/C32H32N2O6/c1-20(39-18-21-9-3-2-4-10-21)29(30(35)33-23-16-15-22(17-23)31(36)37)34-32(38)40-19-28-26-13-7-5-11-24(26)25-12-6-8-14-27(25)28/h2-15,20,23,28-29H,16-19H2,1H3,(H,33,35)(H,34,38)(H,36,37)/t20-,23?,29+/m0/s1. The van der Waals surface area contributed by atoms with E-state index in [1.165, 1.54) is 0 Å². The van der Waals surface area contributed by atoms with Crippen LogP contribution >= 0.6 is 0 Å². The number of carbonyl (C=O) groups is 3. The molecule has 8 nitrogen and oxygen atoms in total. The van der Waals surface area contributed by atoms with Crippen LogP contribution in [0.1, 0.15) is 42.4 Å². The van der Waals surface area contributed by atoms with E-state index in [0.29, 0.717) is 6.42 Å². The zero-order valence-electron chi connectivity index (χ0n) is 22.2. The van der Waals surface area contributed by atoms with Gasteiger partial charge in [-0.3, -0.25) is 4.79 Å². The third-order valence-electron chi connectivity index (χ3n) is 7.46. The van der Waals surface area contributed by atoms with Gasteiger partial charge >= 0.3 is 12.1 Å². The summed E-state index contributed by atoms with van der Waals surface area (Å²) in [5.74, 6) is -1.57. The number of alkyl carbamates (subject to hydrolysis) is 1. The van der Waals surface area contributed by atoms with E-state index in [-0.39, 0.29) is 37.2 Å². The number of ether oxygens (including phenoxy) is 2. The average molecular weight is 541 g/mol. The van der Waals surface area contributed by atoms with E-state index in [1.807, 2.05) is 66.7 Å². The maximum atomic E-state index is 13.3. The summed E-state index contributed by atoms with van der Waals surface area (Å²) in [7, 11) is 0.